The van der Waals surface area contributed by atoms with E-state index < -0.39 is 12.1 Å². The van der Waals surface area contributed by atoms with Gasteiger partial charge in [-0.15, -0.1) is 0 Å². The first kappa shape index (κ1) is 13.1. The van der Waals surface area contributed by atoms with Crippen LogP contribution in [0.5, 0.6) is 0 Å². The van der Waals surface area contributed by atoms with Crippen LogP contribution < -0.4 is 0 Å². The summed E-state index contributed by atoms with van der Waals surface area (Å²) in [6, 6.07) is 7.18. The smallest absolute Gasteiger partial charge is 0.280 e. The van der Waals surface area contributed by atoms with Crippen molar-refractivity contribution in [2.24, 2.45) is 0 Å². The number of nitrogens with zero attached hydrogens (tertiary/aromatic N) is 1. The topological polar surface area (TPSA) is 60.8 Å². The lowest BCUT2D eigenvalue weighted by Crippen LogP contribution is -2.46. The molecule has 1 aromatic carbocycles. The Morgan fingerprint density at radius 2 is 2.00 bits per heavy atom. The van der Waals surface area contributed by atoms with Crippen molar-refractivity contribution < 1.29 is 15.1 Å². The maximum absolute atomic E-state index is 11.8. The number of fused-ring (bicyclic) bond motifs is 1. The van der Waals surface area contributed by atoms with Crippen molar-refractivity contribution in [1.82, 2.24) is 5.06 Å². The maximum Gasteiger partial charge on any atom is 0.280 e. The molecular weight excluding hydrogens is 230 g/mol. The molecule has 1 amide bonds. The van der Waals surface area contributed by atoms with Crippen molar-refractivity contribution in [3.8, 4) is 0 Å². The Morgan fingerprint density at radius 3 is 2.72 bits per heavy atom. The van der Waals surface area contributed by atoms with Crippen LogP contribution in [-0.4, -0.2) is 27.5 Å². The number of unbranched alkanes of at least 4 members (excludes halogenated alkanes) is 2. The molecule has 98 valence electrons. The van der Waals surface area contributed by atoms with Gasteiger partial charge in [0.1, 0.15) is 0 Å². The van der Waals surface area contributed by atoms with Gasteiger partial charge in [-0.1, -0.05) is 44.4 Å². The molecule has 1 aliphatic heterocycles. The van der Waals surface area contributed by atoms with Gasteiger partial charge < -0.3 is 5.11 Å². The van der Waals surface area contributed by atoms with Crippen LogP contribution in [0.15, 0.2) is 24.3 Å². The van der Waals surface area contributed by atoms with Crippen LogP contribution in [0.3, 0.4) is 0 Å². The summed E-state index contributed by atoms with van der Waals surface area (Å²) in [4.78, 5) is 11.8. The second kappa shape index (κ2) is 5.50. The number of hydrogen-bond acceptors (Lipinski definition) is 3. The molecule has 1 aromatic rings. The van der Waals surface area contributed by atoms with Crippen molar-refractivity contribution in [3.63, 3.8) is 0 Å². The predicted molar refractivity (Wildman–Crippen MR) is 67.3 cm³/mol. The van der Waals surface area contributed by atoms with Gasteiger partial charge in [-0.05, 0) is 18.1 Å². The molecule has 2 N–H and O–H groups in total. The predicted octanol–water partition coefficient (Wildman–Crippen LogP) is 2.51. The zero-order valence-electron chi connectivity index (χ0n) is 10.5. The van der Waals surface area contributed by atoms with E-state index in [0.29, 0.717) is 10.6 Å². The van der Waals surface area contributed by atoms with Crippen LogP contribution in [0.25, 0.3) is 0 Å². The Bertz CT molecular complexity index is 433. The zero-order valence-corrected chi connectivity index (χ0v) is 10.5. The molecule has 4 nitrogen and oxygen atoms in total. The van der Waals surface area contributed by atoms with E-state index in [-0.39, 0.29) is 5.92 Å². The number of amides is 1. The highest BCUT2D eigenvalue weighted by atomic mass is 16.5. The van der Waals surface area contributed by atoms with Gasteiger partial charge in [-0.25, -0.2) is 0 Å². The number of benzene rings is 1. The van der Waals surface area contributed by atoms with Crippen LogP contribution in [0.2, 0.25) is 0 Å². The van der Waals surface area contributed by atoms with E-state index in [2.05, 4.69) is 6.92 Å². The lowest BCUT2D eigenvalue weighted by Gasteiger charge is -2.35. The number of carbonyl (C=O) groups is 1. The molecule has 2 unspecified atom stereocenters. The van der Waals surface area contributed by atoms with Crippen molar-refractivity contribution in [1.29, 1.82) is 0 Å². The van der Waals surface area contributed by atoms with Crippen molar-refractivity contribution in [2.45, 2.75) is 44.8 Å². The van der Waals surface area contributed by atoms with E-state index in [1.165, 1.54) is 0 Å². The first-order valence-electron chi connectivity index (χ1n) is 6.46. The lowest BCUT2D eigenvalue weighted by atomic mass is 9.85. The third-order valence-electron chi connectivity index (χ3n) is 3.53. The molecule has 2 rings (SSSR count). The Hall–Kier alpha value is -1.39. The van der Waals surface area contributed by atoms with Crippen LogP contribution >= 0.6 is 0 Å². The fourth-order valence-electron chi connectivity index (χ4n) is 2.51. The summed E-state index contributed by atoms with van der Waals surface area (Å²) in [5, 5.41) is 20.1. The van der Waals surface area contributed by atoms with Gasteiger partial charge in [0.2, 0.25) is 0 Å². The minimum atomic E-state index is -1.13. The first-order chi connectivity index (χ1) is 8.66. The average Bonchev–Trinajstić information content (AvgIpc) is 2.40. The molecule has 2 atom stereocenters. The summed E-state index contributed by atoms with van der Waals surface area (Å²) < 4.78 is 0. The van der Waals surface area contributed by atoms with Gasteiger partial charge in [0, 0.05) is 11.5 Å². The molecule has 0 saturated carbocycles. The highest BCUT2D eigenvalue weighted by Crippen LogP contribution is 2.34. The number of aliphatic hydroxyl groups is 1. The molecule has 0 saturated heterocycles. The molecule has 0 fully saturated rings. The summed E-state index contributed by atoms with van der Waals surface area (Å²) >= 11 is 0. The monoisotopic (exact) mass is 249 g/mol. The molecule has 0 aliphatic carbocycles. The highest BCUT2D eigenvalue weighted by Gasteiger charge is 2.37. The number of hydroxylamine groups is 2. The maximum atomic E-state index is 11.8. The van der Waals surface area contributed by atoms with Crippen molar-refractivity contribution in [2.75, 3.05) is 0 Å². The van der Waals surface area contributed by atoms with Crippen LogP contribution in [-0.2, 0) is 0 Å². The van der Waals surface area contributed by atoms with Crippen molar-refractivity contribution in [3.05, 3.63) is 35.4 Å². The highest BCUT2D eigenvalue weighted by molar-refractivity contribution is 5.96. The largest absolute Gasteiger partial charge is 0.371 e. The van der Waals surface area contributed by atoms with Crippen LogP contribution in [0, 0.1) is 0 Å². The first-order valence-corrected chi connectivity index (χ1v) is 6.46. The van der Waals surface area contributed by atoms with E-state index in [1.54, 1.807) is 12.1 Å². The Labute approximate surface area is 107 Å². The number of carbonyl (C=O) groups excluding carboxylic acids is 1. The van der Waals surface area contributed by atoms with Crippen LogP contribution in [0.1, 0.15) is 54.4 Å². The van der Waals surface area contributed by atoms with E-state index in [1.807, 2.05) is 12.1 Å². The van der Waals surface area contributed by atoms with Gasteiger partial charge in [0.15, 0.2) is 6.23 Å². The normalized spacial score (nSPS) is 23.1. The van der Waals surface area contributed by atoms with E-state index >= 15 is 0 Å². The Balaban J connectivity index is 2.27. The van der Waals surface area contributed by atoms with E-state index in [0.717, 1.165) is 31.2 Å². The molecule has 0 spiro atoms. The Kier molecular flexibility index (Phi) is 3.99. The number of aliphatic hydroxyl groups excluding tert-OH is 1. The van der Waals surface area contributed by atoms with Gasteiger partial charge in [0.25, 0.3) is 5.91 Å². The van der Waals surface area contributed by atoms with Gasteiger partial charge >= 0.3 is 0 Å². The molecule has 0 aromatic heterocycles. The lowest BCUT2D eigenvalue weighted by molar-refractivity contribution is -0.171. The molecular formula is C14H19NO3. The van der Waals surface area contributed by atoms with Crippen LogP contribution in [0.4, 0.5) is 0 Å². The summed E-state index contributed by atoms with van der Waals surface area (Å²) in [7, 11) is 0. The van der Waals surface area contributed by atoms with Crippen molar-refractivity contribution >= 4 is 5.91 Å². The fourth-order valence-corrected chi connectivity index (χ4v) is 2.51. The minimum Gasteiger partial charge on any atom is -0.371 e. The summed E-state index contributed by atoms with van der Waals surface area (Å²) in [6.45, 7) is 2.12. The Morgan fingerprint density at radius 1 is 1.28 bits per heavy atom. The van der Waals surface area contributed by atoms with E-state index in [9.17, 15) is 15.1 Å². The summed E-state index contributed by atoms with van der Waals surface area (Å²) in [5.41, 5.74) is 1.34. The van der Waals surface area contributed by atoms with Gasteiger partial charge in [0.05, 0.1) is 0 Å². The number of rotatable bonds is 4. The second-order valence-electron chi connectivity index (χ2n) is 4.75. The second-order valence-corrected chi connectivity index (χ2v) is 4.75. The standard InChI is InChI=1S/C14H19NO3/c1-2-3-4-8-11-10-7-5-6-9-12(10)14(17)15(18)13(11)16/h5-7,9,11,13,16,18H,2-4,8H2,1H3. The fraction of sp³-hybridized carbons (Fsp3) is 0.500. The molecule has 4 heteroatoms. The zero-order chi connectivity index (χ0) is 13.1. The minimum absolute atomic E-state index is 0.199. The SMILES string of the molecule is CCCCCC1c2ccccc2C(=O)N(O)C1O. The van der Waals surface area contributed by atoms with Gasteiger partial charge in [-0.2, -0.15) is 5.06 Å². The molecule has 0 radical (unpaired) electrons. The summed E-state index contributed by atoms with van der Waals surface area (Å²) in [5.74, 6) is -0.722. The third-order valence-corrected chi connectivity index (χ3v) is 3.53. The molecule has 1 heterocycles. The third kappa shape index (κ3) is 2.26. The molecule has 0 bridgehead atoms. The molecule has 1 aliphatic rings. The number of hydrogen-bond donors (Lipinski definition) is 2. The van der Waals surface area contributed by atoms with E-state index in [4.69, 9.17) is 0 Å². The summed E-state index contributed by atoms with van der Waals surface area (Å²) in [6.07, 6.45) is 2.81. The quantitative estimate of drug-likeness (QED) is 0.636. The average molecular weight is 249 g/mol. The van der Waals surface area contributed by atoms with Gasteiger partial charge in [-0.3, -0.25) is 10.0 Å². The molecule has 18 heavy (non-hydrogen) atoms.